The Morgan fingerprint density at radius 2 is 2.06 bits per heavy atom. The van der Waals surface area contributed by atoms with Gasteiger partial charge in [-0.15, -0.1) is 0 Å². The van der Waals surface area contributed by atoms with Gasteiger partial charge in [-0.3, -0.25) is 4.79 Å². The van der Waals surface area contributed by atoms with Crippen molar-refractivity contribution in [3.63, 3.8) is 0 Å². The summed E-state index contributed by atoms with van der Waals surface area (Å²) in [6.45, 7) is 2.50. The van der Waals surface area contributed by atoms with Crippen LogP contribution in [-0.2, 0) is 4.79 Å². The highest BCUT2D eigenvalue weighted by molar-refractivity contribution is 5.92. The van der Waals surface area contributed by atoms with Crippen LogP contribution in [0.3, 0.4) is 0 Å². The molecule has 0 spiro atoms. The summed E-state index contributed by atoms with van der Waals surface area (Å²) >= 11 is 0. The van der Waals surface area contributed by atoms with Crippen LogP contribution in [0, 0.1) is 11.6 Å². The smallest absolute Gasteiger partial charge is 0.238 e. The maximum absolute atomic E-state index is 13.4. The number of hydrogen-bond acceptors (Lipinski definition) is 3. The molecule has 0 aliphatic rings. The van der Waals surface area contributed by atoms with Crippen molar-refractivity contribution in [2.75, 3.05) is 25.5 Å². The molecular weight excluding hydrogens is 230 g/mol. The summed E-state index contributed by atoms with van der Waals surface area (Å²) in [6.07, 6.45) is 0. The van der Waals surface area contributed by atoms with Crippen molar-refractivity contribution < 1.29 is 18.3 Å². The van der Waals surface area contributed by atoms with E-state index < -0.39 is 17.5 Å². The van der Waals surface area contributed by atoms with Crippen LogP contribution >= 0.6 is 0 Å². The summed E-state index contributed by atoms with van der Waals surface area (Å²) in [5, 5.41) is 5.04. The molecule has 0 radical (unpaired) electrons. The molecule has 0 aromatic heterocycles. The second-order valence-electron chi connectivity index (χ2n) is 3.30. The summed E-state index contributed by atoms with van der Waals surface area (Å²) in [5.41, 5.74) is -0.203. The normalized spacial score (nSPS) is 10.1. The molecule has 0 heterocycles. The molecule has 0 saturated heterocycles. The average molecular weight is 244 g/mol. The lowest BCUT2D eigenvalue weighted by Gasteiger charge is -2.09. The van der Waals surface area contributed by atoms with Gasteiger partial charge in [-0.1, -0.05) is 6.92 Å². The van der Waals surface area contributed by atoms with E-state index in [4.69, 9.17) is 0 Å². The second kappa shape index (κ2) is 6.15. The van der Waals surface area contributed by atoms with E-state index in [0.29, 0.717) is 6.54 Å². The van der Waals surface area contributed by atoms with Gasteiger partial charge in [0.15, 0.2) is 17.4 Å². The molecule has 0 bridgehead atoms. The van der Waals surface area contributed by atoms with Gasteiger partial charge in [-0.25, -0.2) is 8.78 Å². The molecular formula is C11H14F2N2O2. The van der Waals surface area contributed by atoms with Crippen LogP contribution in [0.4, 0.5) is 14.5 Å². The standard InChI is InChI=1S/C11H14F2N2O2/c1-3-14-6-11(16)15-9-4-8(13)10(17-2)5-7(9)12/h4-5,14H,3,6H2,1-2H3,(H,15,16). The molecule has 94 valence electrons. The van der Waals surface area contributed by atoms with E-state index in [-0.39, 0.29) is 18.0 Å². The molecule has 0 aliphatic carbocycles. The lowest BCUT2D eigenvalue weighted by Crippen LogP contribution is -2.28. The Bertz CT molecular complexity index is 411. The molecule has 1 rings (SSSR count). The number of ether oxygens (including phenoxy) is 1. The Morgan fingerprint density at radius 1 is 1.35 bits per heavy atom. The van der Waals surface area contributed by atoms with Crippen LogP contribution in [0.15, 0.2) is 12.1 Å². The van der Waals surface area contributed by atoms with Crippen molar-refractivity contribution in [3.05, 3.63) is 23.8 Å². The number of halogens is 2. The molecule has 0 saturated carbocycles. The number of benzene rings is 1. The Morgan fingerprint density at radius 3 is 2.65 bits per heavy atom. The van der Waals surface area contributed by atoms with E-state index in [9.17, 15) is 13.6 Å². The van der Waals surface area contributed by atoms with Crippen LogP contribution < -0.4 is 15.4 Å². The zero-order chi connectivity index (χ0) is 12.8. The zero-order valence-electron chi connectivity index (χ0n) is 9.64. The molecule has 1 aromatic rings. The number of likely N-dealkylation sites (N-methyl/N-ethyl adjacent to an activating group) is 1. The Labute approximate surface area is 98.0 Å². The number of nitrogens with one attached hydrogen (secondary N) is 2. The fourth-order valence-electron chi connectivity index (χ4n) is 1.21. The minimum atomic E-state index is -0.743. The van der Waals surface area contributed by atoms with Crippen molar-refractivity contribution in [1.82, 2.24) is 5.32 Å². The fourth-order valence-corrected chi connectivity index (χ4v) is 1.21. The number of rotatable bonds is 5. The van der Waals surface area contributed by atoms with Gasteiger partial charge in [0.25, 0.3) is 0 Å². The quantitative estimate of drug-likeness (QED) is 0.825. The molecule has 0 unspecified atom stereocenters. The van der Waals surface area contributed by atoms with Crippen LogP contribution in [0.5, 0.6) is 5.75 Å². The lowest BCUT2D eigenvalue weighted by atomic mass is 10.2. The second-order valence-corrected chi connectivity index (χ2v) is 3.30. The third kappa shape index (κ3) is 3.67. The van der Waals surface area contributed by atoms with E-state index in [1.54, 1.807) is 0 Å². The van der Waals surface area contributed by atoms with Crippen molar-refractivity contribution in [2.24, 2.45) is 0 Å². The number of carbonyl (C=O) groups is 1. The topological polar surface area (TPSA) is 50.4 Å². The number of anilines is 1. The predicted octanol–water partition coefficient (Wildman–Crippen LogP) is 1.52. The first kappa shape index (κ1) is 13.4. The molecule has 6 heteroatoms. The molecule has 0 atom stereocenters. The summed E-state index contributed by atoms with van der Waals surface area (Å²) in [7, 11) is 1.24. The summed E-state index contributed by atoms with van der Waals surface area (Å²) in [4.78, 5) is 11.3. The monoisotopic (exact) mass is 244 g/mol. The SMILES string of the molecule is CCNCC(=O)Nc1cc(F)c(OC)cc1F. The number of hydrogen-bond donors (Lipinski definition) is 2. The van der Waals surface area contributed by atoms with Gasteiger partial charge in [0, 0.05) is 12.1 Å². The summed E-state index contributed by atoms with van der Waals surface area (Å²) < 4.78 is 31.3. The summed E-state index contributed by atoms with van der Waals surface area (Å²) in [5.74, 6) is -2.11. The van der Waals surface area contributed by atoms with Crippen LogP contribution in [0.25, 0.3) is 0 Å². The third-order valence-electron chi connectivity index (χ3n) is 2.05. The Kier molecular flexibility index (Phi) is 4.84. The van der Waals surface area contributed by atoms with Crippen molar-refractivity contribution in [3.8, 4) is 5.75 Å². The van der Waals surface area contributed by atoms with Gasteiger partial charge in [0.05, 0.1) is 19.3 Å². The van der Waals surface area contributed by atoms with E-state index >= 15 is 0 Å². The molecule has 1 amide bonds. The van der Waals surface area contributed by atoms with Gasteiger partial charge < -0.3 is 15.4 Å². The first-order valence-electron chi connectivity index (χ1n) is 5.12. The van der Waals surface area contributed by atoms with E-state index in [2.05, 4.69) is 15.4 Å². The average Bonchev–Trinajstić information content (AvgIpc) is 2.30. The highest BCUT2D eigenvalue weighted by Crippen LogP contribution is 2.24. The van der Waals surface area contributed by atoms with E-state index in [1.165, 1.54) is 7.11 Å². The summed E-state index contributed by atoms with van der Waals surface area (Å²) in [6, 6.07) is 1.77. The van der Waals surface area contributed by atoms with Gasteiger partial charge in [-0.2, -0.15) is 0 Å². The van der Waals surface area contributed by atoms with Crippen molar-refractivity contribution >= 4 is 11.6 Å². The van der Waals surface area contributed by atoms with Gasteiger partial charge in [0.1, 0.15) is 0 Å². The molecule has 1 aromatic carbocycles. The van der Waals surface area contributed by atoms with Gasteiger partial charge >= 0.3 is 0 Å². The van der Waals surface area contributed by atoms with E-state index in [0.717, 1.165) is 12.1 Å². The molecule has 0 fully saturated rings. The van der Waals surface area contributed by atoms with Crippen molar-refractivity contribution in [2.45, 2.75) is 6.92 Å². The maximum Gasteiger partial charge on any atom is 0.238 e. The highest BCUT2D eigenvalue weighted by atomic mass is 19.1. The van der Waals surface area contributed by atoms with Crippen LogP contribution in [0.1, 0.15) is 6.92 Å². The fraction of sp³-hybridized carbons (Fsp3) is 0.364. The zero-order valence-corrected chi connectivity index (χ0v) is 9.64. The van der Waals surface area contributed by atoms with Crippen LogP contribution in [-0.4, -0.2) is 26.1 Å². The van der Waals surface area contributed by atoms with Gasteiger partial charge in [0.2, 0.25) is 5.91 Å². The van der Waals surface area contributed by atoms with Crippen LogP contribution in [0.2, 0.25) is 0 Å². The lowest BCUT2D eigenvalue weighted by molar-refractivity contribution is -0.115. The van der Waals surface area contributed by atoms with Crippen molar-refractivity contribution in [1.29, 1.82) is 0 Å². The molecule has 2 N–H and O–H groups in total. The first-order chi connectivity index (χ1) is 8.08. The third-order valence-corrected chi connectivity index (χ3v) is 2.05. The Hall–Kier alpha value is -1.69. The largest absolute Gasteiger partial charge is 0.494 e. The molecule has 4 nitrogen and oxygen atoms in total. The number of amides is 1. The minimum absolute atomic E-state index is 0.0452. The molecule has 0 aliphatic heterocycles. The minimum Gasteiger partial charge on any atom is -0.494 e. The first-order valence-corrected chi connectivity index (χ1v) is 5.12. The maximum atomic E-state index is 13.4. The number of methoxy groups -OCH3 is 1. The van der Waals surface area contributed by atoms with Gasteiger partial charge in [-0.05, 0) is 6.54 Å². The predicted molar refractivity (Wildman–Crippen MR) is 60.1 cm³/mol. The molecule has 17 heavy (non-hydrogen) atoms. The van der Waals surface area contributed by atoms with E-state index in [1.807, 2.05) is 6.92 Å². The Balaban J connectivity index is 2.78. The highest BCUT2D eigenvalue weighted by Gasteiger charge is 2.12. The number of carbonyl (C=O) groups excluding carboxylic acids is 1.